The summed E-state index contributed by atoms with van der Waals surface area (Å²) in [5.74, 6) is 0.176. The number of rotatable bonds is 6. The fourth-order valence-corrected chi connectivity index (χ4v) is 2.42. The van der Waals surface area contributed by atoms with E-state index < -0.39 is 0 Å². The highest BCUT2D eigenvalue weighted by atomic mass is 16.6. The van der Waals surface area contributed by atoms with Crippen molar-refractivity contribution in [2.45, 2.75) is 45.1 Å². The molecule has 0 amide bonds. The highest BCUT2D eigenvalue weighted by Gasteiger charge is 2.40. The van der Waals surface area contributed by atoms with E-state index in [1.807, 2.05) is 6.07 Å². The number of cyclic esters (lactones) is 1. The van der Waals surface area contributed by atoms with Gasteiger partial charge in [-0.05, 0) is 31.2 Å². The van der Waals surface area contributed by atoms with Crippen molar-refractivity contribution < 1.29 is 9.53 Å². The third-order valence-corrected chi connectivity index (χ3v) is 3.42. The van der Waals surface area contributed by atoms with Crippen LogP contribution in [0.25, 0.3) is 0 Å². The molecule has 0 N–H and O–H groups in total. The summed E-state index contributed by atoms with van der Waals surface area (Å²) in [7, 11) is 0. The van der Waals surface area contributed by atoms with Gasteiger partial charge in [0.05, 0.1) is 5.92 Å². The smallest absolute Gasteiger partial charge is 0.313 e. The van der Waals surface area contributed by atoms with E-state index in [1.54, 1.807) is 0 Å². The van der Waals surface area contributed by atoms with Crippen LogP contribution >= 0.6 is 0 Å². The van der Waals surface area contributed by atoms with Crippen molar-refractivity contribution >= 4 is 5.97 Å². The number of hydrogen-bond donors (Lipinski definition) is 0. The van der Waals surface area contributed by atoms with Gasteiger partial charge in [0.2, 0.25) is 0 Å². The molecule has 1 fully saturated rings. The molecule has 1 aromatic rings. The molecular weight excluding hydrogens is 212 g/mol. The predicted octanol–water partition coefficient (Wildman–Crippen LogP) is 3.35. The lowest BCUT2D eigenvalue weighted by Gasteiger charge is -2.35. The highest BCUT2D eigenvalue weighted by molar-refractivity contribution is 5.78. The van der Waals surface area contributed by atoms with Gasteiger partial charge in [-0.2, -0.15) is 0 Å². The summed E-state index contributed by atoms with van der Waals surface area (Å²) in [5.41, 5.74) is 1.35. The lowest BCUT2D eigenvalue weighted by atomic mass is 9.88. The molecule has 1 heterocycles. The van der Waals surface area contributed by atoms with Crippen molar-refractivity contribution in [1.29, 1.82) is 0 Å². The zero-order valence-electron chi connectivity index (χ0n) is 10.4. The Morgan fingerprint density at radius 3 is 2.59 bits per heavy atom. The first-order chi connectivity index (χ1) is 8.31. The van der Waals surface area contributed by atoms with E-state index in [2.05, 4.69) is 31.2 Å². The van der Waals surface area contributed by atoms with Crippen LogP contribution in [0.2, 0.25) is 0 Å². The number of ether oxygens (including phenoxy) is 1. The van der Waals surface area contributed by atoms with Crippen LogP contribution in [0.4, 0.5) is 0 Å². The number of aryl methyl sites for hydroxylation is 1. The van der Waals surface area contributed by atoms with Gasteiger partial charge in [0.1, 0.15) is 6.10 Å². The second-order valence-corrected chi connectivity index (χ2v) is 4.75. The molecule has 0 spiro atoms. The van der Waals surface area contributed by atoms with Crippen LogP contribution in [0.15, 0.2) is 30.3 Å². The van der Waals surface area contributed by atoms with Gasteiger partial charge in [-0.1, -0.05) is 43.7 Å². The van der Waals surface area contributed by atoms with Gasteiger partial charge in [0, 0.05) is 0 Å². The highest BCUT2D eigenvalue weighted by Crippen LogP contribution is 2.30. The lowest BCUT2D eigenvalue weighted by Crippen LogP contribution is -2.44. The molecule has 0 aromatic heterocycles. The second kappa shape index (κ2) is 5.85. The number of esters is 1. The van der Waals surface area contributed by atoms with E-state index in [0.29, 0.717) is 0 Å². The van der Waals surface area contributed by atoms with Crippen LogP contribution in [0, 0.1) is 5.92 Å². The number of carbonyl (C=O) groups is 1. The first-order valence-electron chi connectivity index (χ1n) is 6.55. The zero-order valence-corrected chi connectivity index (χ0v) is 10.4. The number of carbonyl (C=O) groups excluding carboxylic acids is 1. The maximum atomic E-state index is 11.3. The quantitative estimate of drug-likeness (QED) is 0.703. The van der Waals surface area contributed by atoms with Crippen molar-refractivity contribution in [3.05, 3.63) is 35.9 Å². The Morgan fingerprint density at radius 2 is 1.94 bits per heavy atom. The minimum absolute atomic E-state index is 0.0107. The Morgan fingerprint density at radius 1 is 1.18 bits per heavy atom. The SMILES string of the molecule is CCC[C@@H]1OC(=O)[C@@H]1CCCc1ccccc1. The Labute approximate surface area is 103 Å². The number of benzene rings is 1. The topological polar surface area (TPSA) is 26.3 Å². The van der Waals surface area contributed by atoms with Crippen molar-refractivity contribution in [2.75, 3.05) is 0 Å². The molecule has 92 valence electrons. The maximum Gasteiger partial charge on any atom is 0.313 e. The zero-order chi connectivity index (χ0) is 12.1. The minimum atomic E-state index is 0.0107. The summed E-state index contributed by atoms with van der Waals surface area (Å²) >= 11 is 0. The van der Waals surface area contributed by atoms with Gasteiger partial charge in [-0.3, -0.25) is 4.79 Å². The average Bonchev–Trinajstić information content (AvgIpc) is 2.35. The molecule has 0 unspecified atom stereocenters. The van der Waals surface area contributed by atoms with Crippen LogP contribution < -0.4 is 0 Å². The monoisotopic (exact) mass is 232 g/mol. The van der Waals surface area contributed by atoms with Crippen LogP contribution in [0.3, 0.4) is 0 Å². The molecule has 2 nitrogen and oxygen atoms in total. The molecule has 1 aliphatic rings. The van der Waals surface area contributed by atoms with Gasteiger partial charge in [-0.15, -0.1) is 0 Å². The molecule has 1 saturated heterocycles. The summed E-state index contributed by atoms with van der Waals surface area (Å²) in [6, 6.07) is 10.4. The fourth-order valence-electron chi connectivity index (χ4n) is 2.42. The molecule has 0 aliphatic carbocycles. The normalized spacial score (nSPS) is 23.0. The molecule has 2 rings (SSSR count). The molecule has 17 heavy (non-hydrogen) atoms. The van der Waals surface area contributed by atoms with E-state index in [1.165, 1.54) is 5.56 Å². The standard InChI is InChI=1S/C15H20O2/c1-2-7-14-13(15(16)17-14)11-6-10-12-8-4-3-5-9-12/h3-5,8-9,13-14H,2,6-7,10-11H2,1H3/t13-,14+/m1/s1. The molecule has 0 saturated carbocycles. The summed E-state index contributed by atoms with van der Waals surface area (Å²) < 4.78 is 5.16. The third-order valence-electron chi connectivity index (χ3n) is 3.42. The molecule has 2 atom stereocenters. The Bertz CT molecular complexity index is 358. The molecule has 0 radical (unpaired) electrons. The summed E-state index contributed by atoms with van der Waals surface area (Å²) in [6.07, 6.45) is 5.41. The van der Waals surface area contributed by atoms with Crippen molar-refractivity contribution in [3.63, 3.8) is 0 Å². The van der Waals surface area contributed by atoms with Gasteiger partial charge >= 0.3 is 5.97 Å². The Kier molecular flexibility index (Phi) is 4.18. The first-order valence-corrected chi connectivity index (χ1v) is 6.55. The van der Waals surface area contributed by atoms with Crippen molar-refractivity contribution in [1.82, 2.24) is 0 Å². The van der Waals surface area contributed by atoms with Gasteiger partial charge < -0.3 is 4.74 Å². The molecule has 1 aromatic carbocycles. The molecule has 1 aliphatic heterocycles. The predicted molar refractivity (Wildman–Crippen MR) is 67.7 cm³/mol. The van der Waals surface area contributed by atoms with Crippen LogP contribution in [0.1, 0.15) is 38.2 Å². The number of hydrogen-bond acceptors (Lipinski definition) is 2. The summed E-state index contributed by atoms with van der Waals surface area (Å²) in [5, 5.41) is 0. The maximum absolute atomic E-state index is 11.3. The largest absolute Gasteiger partial charge is 0.461 e. The molecular formula is C15H20O2. The van der Waals surface area contributed by atoms with Gasteiger partial charge in [0.15, 0.2) is 0 Å². The van der Waals surface area contributed by atoms with Crippen molar-refractivity contribution in [3.8, 4) is 0 Å². The first kappa shape index (κ1) is 12.2. The van der Waals surface area contributed by atoms with Crippen LogP contribution in [-0.4, -0.2) is 12.1 Å². The molecule has 0 bridgehead atoms. The van der Waals surface area contributed by atoms with E-state index in [0.717, 1.165) is 32.1 Å². The molecule has 2 heteroatoms. The van der Waals surface area contributed by atoms with E-state index in [4.69, 9.17) is 4.74 Å². The van der Waals surface area contributed by atoms with Crippen LogP contribution in [0.5, 0.6) is 0 Å². The fraction of sp³-hybridized carbons (Fsp3) is 0.533. The Balaban J connectivity index is 1.73. The Hall–Kier alpha value is -1.31. The van der Waals surface area contributed by atoms with E-state index >= 15 is 0 Å². The average molecular weight is 232 g/mol. The second-order valence-electron chi connectivity index (χ2n) is 4.75. The van der Waals surface area contributed by atoms with Gasteiger partial charge in [-0.25, -0.2) is 0 Å². The third kappa shape index (κ3) is 3.09. The van der Waals surface area contributed by atoms with E-state index in [-0.39, 0.29) is 18.0 Å². The lowest BCUT2D eigenvalue weighted by molar-refractivity contribution is -0.186. The van der Waals surface area contributed by atoms with Crippen molar-refractivity contribution in [2.24, 2.45) is 5.92 Å². The van der Waals surface area contributed by atoms with Gasteiger partial charge in [0.25, 0.3) is 0 Å². The minimum Gasteiger partial charge on any atom is -0.461 e. The summed E-state index contributed by atoms with van der Waals surface area (Å²) in [4.78, 5) is 11.3. The summed E-state index contributed by atoms with van der Waals surface area (Å²) in [6.45, 7) is 2.13. The van der Waals surface area contributed by atoms with Crippen LogP contribution in [-0.2, 0) is 16.0 Å². The van der Waals surface area contributed by atoms with E-state index in [9.17, 15) is 4.79 Å².